The molecule has 0 radical (unpaired) electrons. The van der Waals surface area contributed by atoms with Gasteiger partial charge in [0.1, 0.15) is 0 Å². The first-order valence-electron chi connectivity index (χ1n) is 16.1. The zero-order valence-electron chi connectivity index (χ0n) is 27.7. The molecule has 0 saturated carbocycles. The minimum atomic E-state index is -0.314. The van der Waals surface area contributed by atoms with E-state index in [4.69, 9.17) is 0 Å². The molecule has 232 valence electrons. The predicted molar refractivity (Wildman–Crippen MR) is 194 cm³/mol. The van der Waals surface area contributed by atoms with Gasteiger partial charge in [-0.15, -0.1) is 0 Å². The van der Waals surface area contributed by atoms with Crippen molar-refractivity contribution in [3.05, 3.63) is 132 Å². The molecule has 6 nitrogen and oxygen atoms in total. The Morgan fingerprint density at radius 3 is 1.29 bits per heavy atom. The molecule has 0 bridgehead atoms. The summed E-state index contributed by atoms with van der Waals surface area (Å²) < 4.78 is 0. The second-order valence-electron chi connectivity index (χ2n) is 13.8. The molecular formula is C42H30BeN4O2. The van der Waals surface area contributed by atoms with Crippen molar-refractivity contribution >= 4 is 53.5 Å². The van der Waals surface area contributed by atoms with Crippen molar-refractivity contribution in [2.24, 2.45) is 0 Å². The molecule has 4 aromatic carbocycles. The molecule has 8 aromatic rings. The summed E-state index contributed by atoms with van der Waals surface area (Å²) in [5.74, 6) is 0.0802. The van der Waals surface area contributed by atoms with Crippen LogP contribution in [0.1, 0.15) is 49.9 Å². The standard InChI is InChI=1S/2C21H16N2O.Be/c2*1-21(2)17-14-8-4-3-6-12(14)10-15(24)16(17)20-18(21)19-13(11-23-20)7-5-9-22-19;/h2*3-11,24H,1-2H3;/q;;+2/p-2. The molecular weight excluding hydrogens is 602 g/mol. The van der Waals surface area contributed by atoms with E-state index in [1.165, 1.54) is 0 Å². The first kappa shape index (κ1) is 30.6. The summed E-state index contributed by atoms with van der Waals surface area (Å²) in [6.45, 7) is 8.66. The average Bonchev–Trinajstić information content (AvgIpc) is 3.50. The van der Waals surface area contributed by atoms with Gasteiger partial charge in [0.25, 0.3) is 0 Å². The van der Waals surface area contributed by atoms with Crippen LogP contribution in [0.2, 0.25) is 0 Å². The van der Waals surface area contributed by atoms with Crippen LogP contribution in [0.15, 0.2) is 110 Å². The molecule has 0 fully saturated rings. The fraction of sp³-hybridized carbons (Fsp3) is 0.143. The molecule has 0 amide bonds. The van der Waals surface area contributed by atoms with E-state index in [2.05, 4.69) is 59.8 Å². The molecule has 4 aromatic heterocycles. The zero-order valence-corrected chi connectivity index (χ0v) is 27.7. The second-order valence-corrected chi connectivity index (χ2v) is 13.8. The van der Waals surface area contributed by atoms with E-state index in [0.29, 0.717) is 0 Å². The molecule has 0 unspecified atom stereocenters. The van der Waals surface area contributed by atoms with Crippen LogP contribution in [0.3, 0.4) is 0 Å². The monoisotopic (exact) mass is 631 g/mol. The van der Waals surface area contributed by atoms with Crippen molar-refractivity contribution in [3.8, 4) is 34.0 Å². The van der Waals surface area contributed by atoms with Crippen molar-refractivity contribution in [1.82, 2.24) is 19.9 Å². The van der Waals surface area contributed by atoms with Crippen molar-refractivity contribution in [2.45, 2.75) is 38.5 Å². The van der Waals surface area contributed by atoms with Gasteiger partial charge in [0, 0.05) is 57.5 Å². The Balaban J connectivity index is 0.000000139. The summed E-state index contributed by atoms with van der Waals surface area (Å²) in [6, 6.07) is 27.5. The number of nitrogens with zero attached hydrogens (tertiary/aromatic N) is 4. The number of aromatic nitrogens is 4. The minimum absolute atomic E-state index is 0. The van der Waals surface area contributed by atoms with Gasteiger partial charge in [0.15, 0.2) is 0 Å². The third-order valence-electron chi connectivity index (χ3n) is 10.3. The Morgan fingerprint density at radius 1 is 0.469 bits per heavy atom. The van der Waals surface area contributed by atoms with E-state index in [0.717, 1.165) is 88.1 Å². The molecule has 0 spiro atoms. The smallest absolute Gasteiger partial charge is 0.872 e. The van der Waals surface area contributed by atoms with Crippen molar-refractivity contribution in [2.75, 3.05) is 0 Å². The van der Waals surface area contributed by atoms with E-state index >= 15 is 0 Å². The molecule has 0 aliphatic heterocycles. The van der Waals surface area contributed by atoms with Gasteiger partial charge in [-0.2, -0.15) is 0 Å². The number of rotatable bonds is 0. The Labute approximate surface area is 287 Å². The molecule has 0 atom stereocenters. The maximum Gasteiger partial charge on any atom is 2.00 e. The van der Waals surface area contributed by atoms with Gasteiger partial charge >= 0.3 is 10.1 Å². The van der Waals surface area contributed by atoms with Crippen LogP contribution in [0, 0.1) is 0 Å². The maximum absolute atomic E-state index is 12.9. The first-order chi connectivity index (χ1) is 23.2. The summed E-state index contributed by atoms with van der Waals surface area (Å²) in [4.78, 5) is 18.5. The van der Waals surface area contributed by atoms with Gasteiger partial charge in [-0.05, 0) is 68.1 Å². The molecule has 7 heteroatoms. The van der Waals surface area contributed by atoms with Gasteiger partial charge in [-0.25, -0.2) is 0 Å². The number of pyridine rings is 4. The normalized spacial score (nSPS) is 14.4. The third kappa shape index (κ3) is 4.17. The van der Waals surface area contributed by atoms with Crippen LogP contribution in [0.25, 0.3) is 65.9 Å². The summed E-state index contributed by atoms with van der Waals surface area (Å²) in [5.41, 5.74) is 8.57. The van der Waals surface area contributed by atoms with Crippen LogP contribution in [0.5, 0.6) is 11.5 Å². The van der Waals surface area contributed by atoms with Crippen LogP contribution in [-0.2, 0) is 10.8 Å². The molecule has 10 rings (SSSR count). The first-order valence-corrected chi connectivity index (χ1v) is 16.1. The van der Waals surface area contributed by atoms with Crippen LogP contribution < -0.4 is 10.2 Å². The summed E-state index contributed by atoms with van der Waals surface area (Å²) in [7, 11) is 0. The topological polar surface area (TPSA) is 97.7 Å². The Bertz CT molecular complexity index is 2480. The van der Waals surface area contributed by atoms with Crippen LogP contribution in [-0.4, -0.2) is 30.1 Å². The Morgan fingerprint density at radius 2 is 0.857 bits per heavy atom. The van der Waals surface area contributed by atoms with Gasteiger partial charge in [-0.1, -0.05) is 99.9 Å². The average molecular weight is 632 g/mol. The molecule has 2 aliphatic rings. The van der Waals surface area contributed by atoms with Crippen LogP contribution in [0.4, 0.5) is 0 Å². The molecule has 0 saturated heterocycles. The predicted octanol–water partition coefficient (Wildman–Crippen LogP) is 7.95. The SMILES string of the molecule is CC1(C)c2c(c([O-])cc3ccccc23)-c2ncc3cccnc3c21.CC1(C)c2c(c([O-])cc3ccccc23)-c2ncc3cccnc3c21.[Be+2]. The quantitative estimate of drug-likeness (QED) is 0.158. The second kappa shape index (κ2) is 10.6. The summed E-state index contributed by atoms with van der Waals surface area (Å²) in [6.07, 6.45) is 7.25. The van der Waals surface area contributed by atoms with E-state index in [-0.39, 0.29) is 32.5 Å². The van der Waals surface area contributed by atoms with Crippen molar-refractivity contribution in [1.29, 1.82) is 0 Å². The zero-order chi connectivity index (χ0) is 32.9. The Hall–Kier alpha value is -5.71. The number of hydrogen-bond acceptors (Lipinski definition) is 6. The van der Waals surface area contributed by atoms with E-state index in [1.807, 2.05) is 73.1 Å². The van der Waals surface area contributed by atoms with Crippen molar-refractivity contribution in [3.63, 3.8) is 0 Å². The summed E-state index contributed by atoms with van der Waals surface area (Å²) >= 11 is 0. The summed E-state index contributed by atoms with van der Waals surface area (Å²) in [5, 5.41) is 31.9. The molecule has 4 heterocycles. The maximum atomic E-state index is 12.9. The minimum Gasteiger partial charge on any atom is -0.872 e. The fourth-order valence-electron chi connectivity index (χ4n) is 8.31. The van der Waals surface area contributed by atoms with Crippen molar-refractivity contribution < 1.29 is 10.2 Å². The van der Waals surface area contributed by atoms with Gasteiger partial charge in [-0.3, -0.25) is 19.9 Å². The Kier molecular flexibility index (Phi) is 6.65. The van der Waals surface area contributed by atoms with Gasteiger partial charge in [0.2, 0.25) is 0 Å². The van der Waals surface area contributed by atoms with Gasteiger partial charge < -0.3 is 10.2 Å². The number of hydrogen-bond donors (Lipinski definition) is 0. The van der Waals surface area contributed by atoms with Crippen LogP contribution >= 0.6 is 0 Å². The van der Waals surface area contributed by atoms with E-state index in [9.17, 15) is 10.2 Å². The molecule has 0 N–H and O–H groups in total. The fourth-order valence-corrected chi connectivity index (χ4v) is 8.31. The van der Waals surface area contributed by atoms with Gasteiger partial charge in [0.05, 0.1) is 22.4 Å². The molecule has 49 heavy (non-hydrogen) atoms. The number of fused-ring (bicyclic) bond motifs is 14. The largest absolute Gasteiger partial charge is 2.00 e. The number of benzene rings is 4. The third-order valence-corrected chi connectivity index (χ3v) is 10.3. The van der Waals surface area contributed by atoms with E-state index in [1.54, 1.807) is 24.5 Å². The molecule has 2 aliphatic carbocycles. The van der Waals surface area contributed by atoms with E-state index < -0.39 is 0 Å².